The van der Waals surface area contributed by atoms with E-state index in [-0.39, 0.29) is 4.08 Å². The highest BCUT2D eigenvalue weighted by Crippen LogP contribution is 2.57. The molecule has 4 rings (SSSR count). The van der Waals surface area contributed by atoms with Crippen LogP contribution in [0.15, 0.2) is 87.5 Å². The molecule has 3 heteroatoms. The molecule has 3 aromatic carbocycles. The topological polar surface area (TPSA) is 0 Å². The van der Waals surface area contributed by atoms with Gasteiger partial charge in [0.25, 0.3) is 0 Å². The van der Waals surface area contributed by atoms with Crippen molar-refractivity contribution in [3.05, 3.63) is 89.5 Å². The number of aryl methyl sites for hydroxylation is 3. The Morgan fingerprint density at radius 2 is 1.03 bits per heavy atom. The van der Waals surface area contributed by atoms with Crippen molar-refractivity contribution in [2.75, 3.05) is 0 Å². The minimum atomic E-state index is 0.201. The molecule has 1 aliphatic carbocycles. The molecular formula is C26H28S3. The van der Waals surface area contributed by atoms with E-state index in [4.69, 9.17) is 0 Å². The van der Waals surface area contributed by atoms with Crippen LogP contribution in [0.5, 0.6) is 0 Å². The molecule has 1 unspecified atom stereocenters. The first-order valence-electron chi connectivity index (χ1n) is 10.2. The van der Waals surface area contributed by atoms with E-state index in [0.717, 1.165) is 0 Å². The van der Waals surface area contributed by atoms with E-state index >= 15 is 0 Å². The van der Waals surface area contributed by atoms with Crippen LogP contribution in [0.4, 0.5) is 0 Å². The van der Waals surface area contributed by atoms with Crippen LogP contribution >= 0.6 is 35.3 Å². The van der Waals surface area contributed by atoms with Gasteiger partial charge in [-0.05, 0) is 76.4 Å². The zero-order valence-electron chi connectivity index (χ0n) is 17.4. The lowest BCUT2D eigenvalue weighted by Crippen LogP contribution is -2.16. The molecule has 1 aliphatic rings. The summed E-state index contributed by atoms with van der Waals surface area (Å²) in [6, 6.07) is 27.1. The summed E-state index contributed by atoms with van der Waals surface area (Å²) in [5.41, 5.74) is 3.99. The predicted octanol–water partition coefficient (Wildman–Crippen LogP) is 8.54. The quantitative estimate of drug-likeness (QED) is 0.355. The third-order valence-electron chi connectivity index (χ3n) is 5.36. The van der Waals surface area contributed by atoms with Crippen molar-refractivity contribution in [2.24, 2.45) is 0 Å². The van der Waals surface area contributed by atoms with Crippen molar-refractivity contribution in [2.45, 2.75) is 64.0 Å². The molecule has 0 bridgehead atoms. The lowest BCUT2D eigenvalue weighted by Gasteiger charge is -2.28. The van der Waals surface area contributed by atoms with Crippen molar-refractivity contribution in [3.63, 3.8) is 0 Å². The summed E-state index contributed by atoms with van der Waals surface area (Å²) in [4.78, 5) is 4.17. The van der Waals surface area contributed by atoms with Gasteiger partial charge < -0.3 is 0 Å². The van der Waals surface area contributed by atoms with Gasteiger partial charge in [0.2, 0.25) is 0 Å². The van der Waals surface area contributed by atoms with Gasteiger partial charge in [-0.1, -0.05) is 53.1 Å². The second kappa shape index (κ2) is 9.24. The molecule has 1 saturated carbocycles. The van der Waals surface area contributed by atoms with Gasteiger partial charge in [-0.25, -0.2) is 0 Å². The van der Waals surface area contributed by atoms with E-state index in [1.165, 1.54) is 50.6 Å². The molecular weight excluding hydrogens is 408 g/mol. The maximum Gasteiger partial charge on any atom is 0.0716 e. The first-order valence-corrected chi connectivity index (χ1v) is 12.8. The molecule has 0 saturated heterocycles. The Bertz CT molecular complexity index is 880. The molecule has 0 nitrogen and oxygen atoms in total. The standard InChI is InChI=1S/C26H28S3/c1-19-4-10-22(11-5-19)27-25-16-17-26(18-25,28-23-12-6-20(2)7-13-23)29-24-14-8-21(3)9-15-24/h4-15,25H,16-18H2,1-3H3. The van der Waals surface area contributed by atoms with E-state index in [9.17, 15) is 0 Å². The minimum absolute atomic E-state index is 0.201. The second-order valence-electron chi connectivity index (χ2n) is 8.04. The lowest BCUT2D eigenvalue weighted by molar-refractivity contribution is 0.842. The normalized spacial score (nSPS) is 18.1. The Morgan fingerprint density at radius 1 is 0.621 bits per heavy atom. The Morgan fingerprint density at radius 3 is 1.48 bits per heavy atom. The smallest absolute Gasteiger partial charge is 0.0716 e. The van der Waals surface area contributed by atoms with Gasteiger partial charge in [-0.15, -0.1) is 35.3 Å². The Kier molecular flexibility index (Phi) is 6.68. The third kappa shape index (κ3) is 5.65. The van der Waals surface area contributed by atoms with Crippen molar-refractivity contribution >= 4 is 35.3 Å². The fourth-order valence-corrected chi connectivity index (χ4v) is 8.34. The molecule has 150 valence electrons. The molecule has 1 atom stereocenters. The summed E-state index contributed by atoms with van der Waals surface area (Å²) in [6.45, 7) is 6.48. The van der Waals surface area contributed by atoms with Gasteiger partial charge in [0.15, 0.2) is 0 Å². The van der Waals surface area contributed by atoms with E-state index in [0.29, 0.717) is 5.25 Å². The first-order chi connectivity index (χ1) is 14.0. The number of hydrogen-bond acceptors (Lipinski definition) is 3. The zero-order chi connectivity index (χ0) is 20.3. The van der Waals surface area contributed by atoms with Crippen LogP contribution in [0.1, 0.15) is 36.0 Å². The van der Waals surface area contributed by atoms with E-state index in [1.807, 2.05) is 0 Å². The van der Waals surface area contributed by atoms with Crippen molar-refractivity contribution in [1.29, 1.82) is 0 Å². The summed E-state index contributed by atoms with van der Waals surface area (Å²) >= 11 is 6.21. The molecule has 0 aliphatic heterocycles. The Balaban J connectivity index is 1.53. The molecule has 0 aromatic heterocycles. The monoisotopic (exact) mass is 436 g/mol. The van der Waals surface area contributed by atoms with Gasteiger partial charge in [-0.3, -0.25) is 0 Å². The highest BCUT2D eigenvalue weighted by Gasteiger charge is 2.41. The number of benzene rings is 3. The number of hydrogen-bond donors (Lipinski definition) is 0. The highest BCUT2D eigenvalue weighted by molar-refractivity contribution is 8.18. The van der Waals surface area contributed by atoms with Gasteiger partial charge in [0, 0.05) is 19.9 Å². The van der Waals surface area contributed by atoms with Crippen LogP contribution in [0, 0.1) is 20.8 Å². The van der Waals surface area contributed by atoms with Crippen LogP contribution in [-0.4, -0.2) is 9.33 Å². The third-order valence-corrected chi connectivity index (χ3v) is 9.64. The summed E-state index contributed by atoms with van der Waals surface area (Å²) < 4.78 is 0.201. The van der Waals surface area contributed by atoms with Crippen LogP contribution < -0.4 is 0 Å². The van der Waals surface area contributed by atoms with Crippen molar-refractivity contribution < 1.29 is 0 Å². The Hall–Kier alpha value is -1.29. The number of rotatable bonds is 6. The SMILES string of the molecule is Cc1ccc(SC2CCC(Sc3ccc(C)cc3)(Sc3ccc(C)cc3)C2)cc1. The van der Waals surface area contributed by atoms with Gasteiger partial charge in [0.05, 0.1) is 4.08 Å². The predicted molar refractivity (Wildman–Crippen MR) is 131 cm³/mol. The van der Waals surface area contributed by atoms with Crippen LogP contribution in [0.2, 0.25) is 0 Å². The van der Waals surface area contributed by atoms with Crippen molar-refractivity contribution in [1.82, 2.24) is 0 Å². The Labute approximate surface area is 188 Å². The van der Waals surface area contributed by atoms with E-state index in [1.54, 1.807) is 0 Å². The maximum absolute atomic E-state index is 2.29. The van der Waals surface area contributed by atoms with Gasteiger partial charge in [-0.2, -0.15) is 0 Å². The summed E-state index contributed by atoms with van der Waals surface area (Å²) in [5, 5.41) is 0.675. The molecule has 1 fully saturated rings. The molecule has 29 heavy (non-hydrogen) atoms. The molecule has 0 N–H and O–H groups in total. The second-order valence-corrected chi connectivity index (χ2v) is 12.6. The summed E-state index contributed by atoms with van der Waals surface area (Å²) in [6.07, 6.45) is 3.74. The molecule has 0 radical (unpaired) electrons. The van der Waals surface area contributed by atoms with Crippen LogP contribution in [0.3, 0.4) is 0 Å². The van der Waals surface area contributed by atoms with Crippen molar-refractivity contribution in [3.8, 4) is 0 Å². The average molecular weight is 437 g/mol. The summed E-state index contributed by atoms with van der Waals surface area (Å²) in [5.74, 6) is 0. The largest absolute Gasteiger partial charge is 0.123 e. The van der Waals surface area contributed by atoms with Gasteiger partial charge in [0.1, 0.15) is 0 Å². The molecule has 0 amide bonds. The van der Waals surface area contributed by atoms with E-state index < -0.39 is 0 Å². The zero-order valence-corrected chi connectivity index (χ0v) is 19.8. The van der Waals surface area contributed by atoms with Crippen LogP contribution in [-0.2, 0) is 0 Å². The molecule has 0 spiro atoms. The fourth-order valence-electron chi connectivity index (χ4n) is 3.69. The fraction of sp³-hybridized carbons (Fsp3) is 0.308. The lowest BCUT2D eigenvalue weighted by atomic mass is 10.2. The molecule has 3 aromatic rings. The van der Waals surface area contributed by atoms with Crippen LogP contribution in [0.25, 0.3) is 0 Å². The van der Waals surface area contributed by atoms with E-state index in [2.05, 4.69) is 129 Å². The maximum atomic E-state index is 2.29. The van der Waals surface area contributed by atoms with Gasteiger partial charge >= 0.3 is 0 Å². The highest BCUT2D eigenvalue weighted by atomic mass is 32.2. The summed E-state index contributed by atoms with van der Waals surface area (Å²) in [7, 11) is 0. The average Bonchev–Trinajstić information content (AvgIpc) is 3.09. The minimum Gasteiger partial charge on any atom is -0.123 e. The number of thioether (sulfide) groups is 3. The molecule has 0 heterocycles. The first kappa shape index (κ1) is 21.0.